The molecule has 0 saturated heterocycles. The van der Waals surface area contributed by atoms with E-state index in [-0.39, 0.29) is 17.7 Å². The molecule has 2 rings (SSSR count). The summed E-state index contributed by atoms with van der Waals surface area (Å²) in [5, 5.41) is 5.93. The summed E-state index contributed by atoms with van der Waals surface area (Å²) in [7, 11) is 0. The van der Waals surface area contributed by atoms with Gasteiger partial charge in [-0.25, -0.2) is 0 Å². The van der Waals surface area contributed by atoms with Gasteiger partial charge in [-0.15, -0.1) is 0 Å². The van der Waals surface area contributed by atoms with Crippen LogP contribution in [-0.4, -0.2) is 24.5 Å². The highest BCUT2D eigenvalue weighted by Crippen LogP contribution is 2.28. The van der Waals surface area contributed by atoms with E-state index in [1.165, 1.54) is 0 Å². The van der Waals surface area contributed by atoms with Crippen LogP contribution in [0.5, 0.6) is 5.75 Å². The van der Waals surface area contributed by atoms with E-state index in [2.05, 4.69) is 31.4 Å². The molecule has 2 amide bonds. The highest BCUT2D eigenvalue weighted by molar-refractivity contribution is 5.97. The molecule has 27 heavy (non-hydrogen) atoms. The molecule has 0 heterocycles. The van der Waals surface area contributed by atoms with E-state index in [0.29, 0.717) is 30.6 Å². The van der Waals surface area contributed by atoms with Crippen LogP contribution in [-0.2, 0) is 9.59 Å². The molecule has 0 radical (unpaired) electrons. The smallest absolute Gasteiger partial charge is 0.246 e. The normalized spacial score (nSPS) is 20.8. The minimum absolute atomic E-state index is 0.0226. The maximum Gasteiger partial charge on any atom is 0.246 e. The van der Waals surface area contributed by atoms with Crippen LogP contribution < -0.4 is 15.4 Å². The van der Waals surface area contributed by atoms with E-state index in [1.807, 2.05) is 31.2 Å². The van der Waals surface area contributed by atoms with Gasteiger partial charge < -0.3 is 15.4 Å². The van der Waals surface area contributed by atoms with E-state index in [4.69, 9.17) is 4.74 Å². The minimum atomic E-state index is -0.511. The van der Waals surface area contributed by atoms with Crippen molar-refractivity contribution in [1.29, 1.82) is 0 Å². The molecule has 1 aliphatic carbocycles. The van der Waals surface area contributed by atoms with Gasteiger partial charge >= 0.3 is 0 Å². The molecular weight excluding hydrogens is 340 g/mol. The fraction of sp³-hybridized carbons (Fsp3) is 0.636. The lowest BCUT2D eigenvalue weighted by molar-refractivity contribution is -0.130. The molecule has 5 heteroatoms. The second-order valence-corrected chi connectivity index (χ2v) is 8.09. The van der Waals surface area contributed by atoms with E-state index >= 15 is 0 Å². The van der Waals surface area contributed by atoms with E-state index < -0.39 is 6.04 Å². The highest BCUT2D eigenvalue weighted by atomic mass is 16.5. The first-order valence-electron chi connectivity index (χ1n) is 10.2. The van der Waals surface area contributed by atoms with Crippen molar-refractivity contribution in [2.75, 3.05) is 11.9 Å². The van der Waals surface area contributed by atoms with E-state index in [0.717, 1.165) is 31.4 Å². The van der Waals surface area contributed by atoms with Gasteiger partial charge in [-0.3, -0.25) is 9.59 Å². The summed E-state index contributed by atoms with van der Waals surface area (Å²) in [6.45, 7) is 8.90. The van der Waals surface area contributed by atoms with Gasteiger partial charge in [0.15, 0.2) is 0 Å². The number of amides is 2. The molecule has 1 unspecified atom stereocenters. The zero-order valence-electron chi connectivity index (χ0n) is 17.1. The Bertz CT molecular complexity index is 604. The predicted molar refractivity (Wildman–Crippen MR) is 109 cm³/mol. The Morgan fingerprint density at radius 1 is 1.11 bits per heavy atom. The zero-order chi connectivity index (χ0) is 19.8. The molecule has 150 valence electrons. The van der Waals surface area contributed by atoms with Gasteiger partial charge in [0.05, 0.1) is 6.61 Å². The molecule has 1 aromatic carbocycles. The van der Waals surface area contributed by atoms with Crippen molar-refractivity contribution < 1.29 is 14.3 Å². The molecule has 2 N–H and O–H groups in total. The SMILES string of the molecule is CCOc1ccc(NC(=O)C(CC(C)C)NC(=O)C2CCC(C)CC2)cc1. The van der Waals surface area contributed by atoms with Crippen LogP contribution in [0.2, 0.25) is 0 Å². The van der Waals surface area contributed by atoms with Gasteiger partial charge in [0.25, 0.3) is 0 Å². The number of ether oxygens (including phenoxy) is 1. The summed E-state index contributed by atoms with van der Waals surface area (Å²) in [6, 6.07) is 6.79. The second-order valence-electron chi connectivity index (χ2n) is 8.09. The van der Waals surface area contributed by atoms with Crippen molar-refractivity contribution in [2.45, 2.75) is 65.8 Å². The van der Waals surface area contributed by atoms with Crippen LogP contribution in [0.25, 0.3) is 0 Å². The molecule has 0 aromatic heterocycles. The van der Waals surface area contributed by atoms with Crippen LogP contribution in [0.4, 0.5) is 5.69 Å². The van der Waals surface area contributed by atoms with Gasteiger partial charge in [-0.2, -0.15) is 0 Å². The maximum atomic E-state index is 12.8. The van der Waals surface area contributed by atoms with Gasteiger partial charge in [0.1, 0.15) is 11.8 Å². The van der Waals surface area contributed by atoms with Crippen LogP contribution >= 0.6 is 0 Å². The molecule has 1 aromatic rings. The Kier molecular flexibility index (Phi) is 8.14. The van der Waals surface area contributed by atoms with Crippen LogP contribution in [0, 0.1) is 17.8 Å². The summed E-state index contributed by atoms with van der Waals surface area (Å²) in [4.78, 5) is 25.4. The van der Waals surface area contributed by atoms with Crippen LogP contribution in [0.1, 0.15) is 59.8 Å². The van der Waals surface area contributed by atoms with Crippen molar-refractivity contribution in [2.24, 2.45) is 17.8 Å². The average Bonchev–Trinajstić information content (AvgIpc) is 2.63. The third kappa shape index (κ3) is 6.89. The molecule has 0 spiro atoms. The molecule has 5 nitrogen and oxygen atoms in total. The summed E-state index contributed by atoms with van der Waals surface area (Å²) in [6.07, 6.45) is 4.64. The Morgan fingerprint density at radius 2 is 1.74 bits per heavy atom. The standard InChI is InChI=1S/C22H34N2O3/c1-5-27-19-12-10-18(11-13-19)23-22(26)20(14-15(2)3)24-21(25)17-8-6-16(4)7-9-17/h10-13,15-17,20H,5-9,14H2,1-4H3,(H,23,26)(H,24,25). The number of nitrogens with one attached hydrogen (secondary N) is 2. The largest absolute Gasteiger partial charge is 0.494 e. The van der Waals surface area contributed by atoms with Crippen LogP contribution in [0.3, 0.4) is 0 Å². The second kappa shape index (κ2) is 10.3. The zero-order valence-corrected chi connectivity index (χ0v) is 17.1. The number of benzene rings is 1. The van der Waals surface area contributed by atoms with Crippen molar-refractivity contribution >= 4 is 17.5 Å². The Labute approximate surface area is 163 Å². The third-order valence-electron chi connectivity index (χ3n) is 5.16. The molecule has 0 bridgehead atoms. The average molecular weight is 375 g/mol. The Morgan fingerprint density at radius 3 is 2.30 bits per heavy atom. The molecule has 1 fully saturated rings. The fourth-order valence-corrected chi connectivity index (χ4v) is 3.55. The monoisotopic (exact) mass is 374 g/mol. The van der Waals surface area contributed by atoms with Gasteiger partial charge in [0.2, 0.25) is 11.8 Å². The number of anilines is 1. The van der Waals surface area contributed by atoms with Crippen molar-refractivity contribution in [1.82, 2.24) is 5.32 Å². The number of rotatable bonds is 8. The lowest BCUT2D eigenvalue weighted by atomic mass is 9.82. The topological polar surface area (TPSA) is 67.4 Å². The molecule has 0 aliphatic heterocycles. The Hall–Kier alpha value is -2.04. The van der Waals surface area contributed by atoms with Gasteiger partial charge in [0, 0.05) is 11.6 Å². The first kappa shape index (κ1) is 21.3. The highest BCUT2D eigenvalue weighted by Gasteiger charge is 2.28. The van der Waals surface area contributed by atoms with Crippen molar-refractivity contribution in [3.05, 3.63) is 24.3 Å². The Balaban J connectivity index is 1.97. The first-order chi connectivity index (χ1) is 12.9. The summed E-state index contributed by atoms with van der Waals surface area (Å²) in [5.41, 5.74) is 0.706. The number of hydrogen-bond acceptors (Lipinski definition) is 3. The number of hydrogen-bond donors (Lipinski definition) is 2. The molecule has 1 saturated carbocycles. The molecule has 1 atom stereocenters. The summed E-state index contributed by atoms with van der Waals surface area (Å²) in [5.74, 6) is 1.68. The van der Waals surface area contributed by atoms with Crippen LogP contribution in [0.15, 0.2) is 24.3 Å². The minimum Gasteiger partial charge on any atom is -0.494 e. The van der Waals surface area contributed by atoms with E-state index in [9.17, 15) is 9.59 Å². The van der Waals surface area contributed by atoms with Gasteiger partial charge in [-0.1, -0.05) is 20.8 Å². The number of carbonyl (C=O) groups excluding carboxylic acids is 2. The van der Waals surface area contributed by atoms with Gasteiger partial charge in [-0.05, 0) is 75.1 Å². The number of carbonyl (C=O) groups is 2. The quantitative estimate of drug-likeness (QED) is 0.709. The van der Waals surface area contributed by atoms with E-state index in [1.54, 1.807) is 0 Å². The fourth-order valence-electron chi connectivity index (χ4n) is 3.55. The predicted octanol–water partition coefficient (Wildman–Crippen LogP) is 4.38. The van der Waals surface area contributed by atoms with Crippen molar-refractivity contribution in [3.63, 3.8) is 0 Å². The lowest BCUT2D eigenvalue weighted by Crippen LogP contribution is -2.47. The molecule has 1 aliphatic rings. The van der Waals surface area contributed by atoms with Crippen molar-refractivity contribution in [3.8, 4) is 5.75 Å². The summed E-state index contributed by atoms with van der Waals surface area (Å²) < 4.78 is 5.42. The summed E-state index contributed by atoms with van der Waals surface area (Å²) >= 11 is 0. The maximum absolute atomic E-state index is 12.8. The molecular formula is C22H34N2O3. The third-order valence-corrected chi connectivity index (χ3v) is 5.16. The first-order valence-corrected chi connectivity index (χ1v) is 10.2. The lowest BCUT2D eigenvalue weighted by Gasteiger charge is -2.28.